The highest BCUT2D eigenvalue weighted by atomic mass is 14.9. The molecule has 0 bridgehead atoms. The molecule has 69 heavy (non-hydrogen) atoms. The van der Waals surface area contributed by atoms with Gasteiger partial charge in [0, 0.05) is 22.1 Å². The first kappa shape index (κ1) is 41.7. The summed E-state index contributed by atoms with van der Waals surface area (Å²) in [5.41, 5.74) is 24.2. The van der Waals surface area contributed by atoms with Crippen LogP contribution in [-0.2, 0) is 5.41 Å². The van der Waals surface area contributed by atoms with Crippen molar-refractivity contribution in [2.45, 2.75) is 19.3 Å². The van der Waals surface area contributed by atoms with Crippen molar-refractivity contribution in [3.05, 3.63) is 266 Å². The lowest BCUT2D eigenvalue weighted by Gasteiger charge is -2.22. The average molecular weight is 881 g/mol. The van der Waals surface area contributed by atoms with E-state index < -0.39 is 0 Å². The van der Waals surface area contributed by atoms with E-state index in [0.29, 0.717) is 5.82 Å². The topological polar surface area (TPSA) is 25.8 Å². The highest BCUT2D eigenvalue weighted by Crippen LogP contribution is 2.51. The fourth-order valence-corrected chi connectivity index (χ4v) is 10.3. The van der Waals surface area contributed by atoms with Crippen LogP contribution in [0.4, 0.5) is 0 Å². The molecule has 1 aliphatic rings. The van der Waals surface area contributed by atoms with Crippen LogP contribution in [0.2, 0.25) is 0 Å². The first-order valence-corrected chi connectivity index (χ1v) is 23.8. The van der Waals surface area contributed by atoms with Gasteiger partial charge in [-0.25, -0.2) is 9.97 Å². The molecule has 0 radical (unpaired) electrons. The molecule has 12 rings (SSSR count). The molecule has 0 fully saturated rings. The third-order valence-electron chi connectivity index (χ3n) is 13.9. The number of nitrogens with zero attached hydrogens (tertiary/aromatic N) is 2. The maximum Gasteiger partial charge on any atom is 0.160 e. The largest absolute Gasteiger partial charge is 0.228 e. The quantitative estimate of drug-likeness (QED) is 0.144. The van der Waals surface area contributed by atoms with E-state index in [-0.39, 0.29) is 5.41 Å². The van der Waals surface area contributed by atoms with Crippen molar-refractivity contribution < 1.29 is 0 Å². The summed E-state index contributed by atoms with van der Waals surface area (Å²) in [5, 5.41) is 0. The van der Waals surface area contributed by atoms with Crippen molar-refractivity contribution >= 4 is 0 Å². The van der Waals surface area contributed by atoms with Gasteiger partial charge in [0.2, 0.25) is 0 Å². The van der Waals surface area contributed by atoms with Gasteiger partial charge >= 0.3 is 0 Å². The van der Waals surface area contributed by atoms with Gasteiger partial charge in [-0.05, 0) is 125 Å². The van der Waals surface area contributed by atoms with E-state index in [4.69, 9.17) is 9.97 Å². The fourth-order valence-electron chi connectivity index (χ4n) is 10.3. The molecule has 326 valence electrons. The van der Waals surface area contributed by atoms with Gasteiger partial charge in [-0.1, -0.05) is 232 Å². The lowest BCUT2D eigenvalue weighted by Crippen LogP contribution is -2.14. The van der Waals surface area contributed by atoms with E-state index in [2.05, 4.69) is 250 Å². The van der Waals surface area contributed by atoms with Crippen molar-refractivity contribution in [2.24, 2.45) is 0 Å². The maximum absolute atomic E-state index is 5.22. The Balaban J connectivity index is 0.991. The van der Waals surface area contributed by atoms with Crippen LogP contribution in [0.25, 0.3) is 112 Å². The van der Waals surface area contributed by atoms with Gasteiger partial charge in [-0.2, -0.15) is 0 Å². The monoisotopic (exact) mass is 880 g/mol. The van der Waals surface area contributed by atoms with Gasteiger partial charge in [0.1, 0.15) is 0 Å². The normalized spacial score (nSPS) is 12.3. The third kappa shape index (κ3) is 7.86. The molecule has 1 aliphatic carbocycles. The summed E-state index contributed by atoms with van der Waals surface area (Å²) >= 11 is 0. The standard InChI is InChI=1S/C67H48N2/c1-67(2)61-32-16-15-31-57(61)60-41-54(37-38-62(60)67)59-43-56(46-21-9-4-10-22-46)42-58(65(59)49-23-11-5-12-24-49)53-29-17-27-51(39-53)52-28-18-30-55(40-52)64-44-63(68-66(69-64)50-25-13-6-14-26-50)48-35-33-47(34-36-48)45-19-7-3-8-20-45/h3-44H,1-2H3. The van der Waals surface area contributed by atoms with E-state index >= 15 is 0 Å². The zero-order valence-electron chi connectivity index (χ0n) is 38.6. The number of aromatic nitrogens is 2. The Hall–Kier alpha value is -8.72. The number of hydrogen-bond acceptors (Lipinski definition) is 2. The molecule has 1 heterocycles. The molecule has 0 saturated carbocycles. The van der Waals surface area contributed by atoms with Crippen LogP contribution >= 0.6 is 0 Å². The van der Waals surface area contributed by atoms with E-state index in [1.54, 1.807) is 0 Å². The fraction of sp³-hybridized carbons (Fsp3) is 0.0448. The molecule has 0 aliphatic heterocycles. The van der Waals surface area contributed by atoms with E-state index in [1.165, 1.54) is 72.3 Å². The Morgan fingerprint density at radius 1 is 0.246 bits per heavy atom. The van der Waals surface area contributed by atoms with Crippen LogP contribution in [0, 0.1) is 0 Å². The highest BCUT2D eigenvalue weighted by molar-refractivity contribution is 5.99. The molecule has 1 aromatic heterocycles. The van der Waals surface area contributed by atoms with Crippen LogP contribution < -0.4 is 0 Å². The molecule has 0 unspecified atom stereocenters. The number of rotatable bonds is 9. The van der Waals surface area contributed by atoms with Gasteiger partial charge < -0.3 is 0 Å². The van der Waals surface area contributed by atoms with Crippen molar-refractivity contribution in [3.8, 4) is 112 Å². The van der Waals surface area contributed by atoms with Crippen LogP contribution in [0.3, 0.4) is 0 Å². The summed E-state index contributed by atoms with van der Waals surface area (Å²) in [6.07, 6.45) is 0. The van der Waals surface area contributed by atoms with Crippen LogP contribution in [0.5, 0.6) is 0 Å². The minimum Gasteiger partial charge on any atom is -0.228 e. The molecule has 11 aromatic rings. The Bertz CT molecular complexity index is 3650. The first-order valence-electron chi connectivity index (χ1n) is 23.8. The Morgan fingerprint density at radius 3 is 1.29 bits per heavy atom. The maximum atomic E-state index is 5.22. The minimum atomic E-state index is -0.0729. The highest BCUT2D eigenvalue weighted by Gasteiger charge is 2.35. The van der Waals surface area contributed by atoms with Crippen molar-refractivity contribution in [3.63, 3.8) is 0 Å². The zero-order valence-corrected chi connectivity index (χ0v) is 38.6. The first-order chi connectivity index (χ1) is 33.9. The number of benzene rings is 10. The second kappa shape index (κ2) is 17.5. The summed E-state index contributed by atoms with van der Waals surface area (Å²) in [5.74, 6) is 0.696. The molecule has 2 nitrogen and oxygen atoms in total. The molecule has 0 atom stereocenters. The molecule has 0 N–H and O–H groups in total. The smallest absolute Gasteiger partial charge is 0.160 e. The second-order valence-corrected chi connectivity index (χ2v) is 18.5. The molecule has 0 spiro atoms. The minimum absolute atomic E-state index is 0.0729. The van der Waals surface area contributed by atoms with Crippen molar-refractivity contribution in [1.29, 1.82) is 0 Å². The van der Waals surface area contributed by atoms with Gasteiger partial charge in [0.05, 0.1) is 11.4 Å². The van der Waals surface area contributed by atoms with E-state index in [9.17, 15) is 0 Å². The summed E-state index contributed by atoms with van der Waals surface area (Å²) in [6.45, 7) is 4.70. The Labute approximate surface area is 405 Å². The Morgan fingerprint density at radius 2 is 0.652 bits per heavy atom. The van der Waals surface area contributed by atoms with E-state index in [1.807, 2.05) is 18.2 Å². The van der Waals surface area contributed by atoms with E-state index in [0.717, 1.165) is 44.8 Å². The number of hydrogen-bond donors (Lipinski definition) is 0. The van der Waals surface area contributed by atoms with Gasteiger partial charge in [0.15, 0.2) is 5.82 Å². The molecule has 2 heteroatoms. The lowest BCUT2D eigenvalue weighted by molar-refractivity contribution is 0.660. The summed E-state index contributed by atoms with van der Waals surface area (Å²) in [4.78, 5) is 10.4. The summed E-state index contributed by atoms with van der Waals surface area (Å²) < 4.78 is 0. The SMILES string of the molecule is CC1(C)c2ccccc2-c2cc(-c3cc(-c4ccccc4)cc(-c4cccc(-c5cccc(-c6cc(-c7ccc(-c8ccccc8)cc7)nc(-c7ccccc7)n6)c5)c4)c3-c3ccccc3)ccc21. The molecule has 0 saturated heterocycles. The number of fused-ring (bicyclic) bond motifs is 3. The van der Waals surface area contributed by atoms with Gasteiger partial charge in [-0.3, -0.25) is 0 Å². The molecule has 10 aromatic carbocycles. The van der Waals surface area contributed by atoms with Crippen molar-refractivity contribution in [1.82, 2.24) is 9.97 Å². The molecular weight excluding hydrogens is 833 g/mol. The molecule has 0 amide bonds. The second-order valence-electron chi connectivity index (χ2n) is 18.5. The zero-order chi connectivity index (χ0) is 46.3. The van der Waals surface area contributed by atoms with Crippen LogP contribution in [0.1, 0.15) is 25.0 Å². The predicted octanol–water partition coefficient (Wildman–Crippen LogP) is 17.8. The van der Waals surface area contributed by atoms with Gasteiger partial charge in [-0.15, -0.1) is 0 Å². The Kier molecular flexibility index (Phi) is 10.6. The van der Waals surface area contributed by atoms with Gasteiger partial charge in [0.25, 0.3) is 0 Å². The lowest BCUT2D eigenvalue weighted by atomic mass is 9.81. The van der Waals surface area contributed by atoms with Crippen LogP contribution in [-0.4, -0.2) is 9.97 Å². The van der Waals surface area contributed by atoms with Crippen molar-refractivity contribution in [2.75, 3.05) is 0 Å². The molecular formula is C67H48N2. The van der Waals surface area contributed by atoms with Crippen LogP contribution in [0.15, 0.2) is 255 Å². The summed E-state index contributed by atoms with van der Waals surface area (Å²) in [7, 11) is 0. The average Bonchev–Trinajstić information content (AvgIpc) is 3.66. The third-order valence-corrected chi connectivity index (χ3v) is 13.9. The summed E-state index contributed by atoms with van der Waals surface area (Å²) in [6, 6.07) is 92.0. The predicted molar refractivity (Wildman–Crippen MR) is 289 cm³/mol.